The molecule has 1 aromatic heterocycles. The van der Waals surface area contributed by atoms with Crippen molar-refractivity contribution in [1.29, 1.82) is 0 Å². The standard InChI is InChI=1S/C28H33N2O3S/c1-22-12-13-26(34-22)20-29(24-8-4-2-5-9-24)28(31)33-27-21-30(16-14-23(27)15-17-30)18-19-32-25-10-6-3-7-11-25/h2-13,23,27H,14-21H2,1H3/q+1/t23?,27-,30?/m0/s1. The van der Waals surface area contributed by atoms with Gasteiger partial charge in [-0.15, -0.1) is 11.3 Å². The number of piperidine rings is 3. The molecule has 0 N–H and O–H groups in total. The Hall–Kier alpha value is -2.83. The first-order chi connectivity index (χ1) is 16.6. The van der Waals surface area contributed by atoms with Gasteiger partial charge < -0.3 is 14.0 Å². The molecule has 3 aliphatic rings. The van der Waals surface area contributed by atoms with E-state index >= 15 is 0 Å². The average Bonchev–Trinajstić information content (AvgIpc) is 3.29. The van der Waals surface area contributed by atoms with Gasteiger partial charge in [0.05, 0.1) is 19.6 Å². The lowest BCUT2D eigenvalue weighted by atomic mass is 9.83. The van der Waals surface area contributed by atoms with Gasteiger partial charge in [-0.3, -0.25) is 4.90 Å². The number of carbonyl (C=O) groups is 1. The fraction of sp³-hybridized carbons (Fsp3) is 0.393. The maximum absolute atomic E-state index is 13.5. The predicted octanol–water partition coefficient (Wildman–Crippen LogP) is 5.89. The molecule has 1 atom stereocenters. The van der Waals surface area contributed by atoms with E-state index in [0.717, 1.165) is 59.8 Å². The van der Waals surface area contributed by atoms with Crippen molar-refractivity contribution in [2.45, 2.75) is 32.4 Å². The summed E-state index contributed by atoms with van der Waals surface area (Å²) in [7, 11) is 0. The number of fused-ring (bicyclic) bond motifs is 3. The summed E-state index contributed by atoms with van der Waals surface area (Å²) < 4.78 is 13.2. The Morgan fingerprint density at radius 1 is 1.00 bits per heavy atom. The molecule has 2 bridgehead atoms. The van der Waals surface area contributed by atoms with Gasteiger partial charge in [-0.25, -0.2) is 4.79 Å². The largest absolute Gasteiger partial charge is 0.488 e. The van der Waals surface area contributed by atoms with E-state index < -0.39 is 0 Å². The van der Waals surface area contributed by atoms with Crippen LogP contribution < -0.4 is 9.64 Å². The zero-order valence-corrected chi connectivity index (χ0v) is 20.6. The highest BCUT2D eigenvalue weighted by molar-refractivity contribution is 7.11. The second kappa shape index (κ2) is 10.2. The Kier molecular flexibility index (Phi) is 6.88. The molecule has 4 heterocycles. The summed E-state index contributed by atoms with van der Waals surface area (Å²) in [5.74, 6) is 1.37. The minimum Gasteiger partial charge on any atom is -0.488 e. The van der Waals surface area contributed by atoms with Gasteiger partial charge >= 0.3 is 6.09 Å². The van der Waals surface area contributed by atoms with Crippen LogP contribution in [-0.4, -0.2) is 49.5 Å². The molecule has 3 fully saturated rings. The molecule has 0 saturated carbocycles. The van der Waals surface area contributed by atoms with E-state index in [9.17, 15) is 4.79 Å². The maximum Gasteiger partial charge on any atom is 0.415 e. The Morgan fingerprint density at radius 3 is 2.38 bits per heavy atom. The quantitative estimate of drug-likeness (QED) is 0.380. The summed E-state index contributed by atoms with van der Waals surface area (Å²) in [4.78, 5) is 17.7. The van der Waals surface area contributed by atoms with Crippen molar-refractivity contribution in [2.24, 2.45) is 5.92 Å². The fourth-order valence-electron chi connectivity index (χ4n) is 5.33. The number of nitrogens with zero attached hydrogens (tertiary/aromatic N) is 2. The van der Waals surface area contributed by atoms with Crippen LogP contribution in [0.1, 0.15) is 22.6 Å². The summed E-state index contributed by atoms with van der Waals surface area (Å²) in [6, 6.07) is 24.1. The number of carbonyl (C=O) groups excluding carboxylic acids is 1. The number of ether oxygens (including phenoxy) is 2. The Labute approximate surface area is 206 Å². The number of benzene rings is 2. The number of hydrogen-bond acceptors (Lipinski definition) is 4. The molecule has 2 aromatic carbocycles. The van der Waals surface area contributed by atoms with Crippen LogP contribution in [0.15, 0.2) is 72.8 Å². The van der Waals surface area contributed by atoms with Crippen LogP contribution in [0.2, 0.25) is 0 Å². The molecule has 0 radical (unpaired) electrons. The Morgan fingerprint density at radius 2 is 1.71 bits per heavy atom. The highest BCUT2D eigenvalue weighted by Crippen LogP contribution is 2.36. The van der Waals surface area contributed by atoms with Gasteiger partial charge in [0.2, 0.25) is 0 Å². The molecular weight excluding hydrogens is 444 g/mol. The lowest BCUT2D eigenvalue weighted by Gasteiger charge is -2.52. The molecule has 5 nitrogen and oxygen atoms in total. The number of hydrogen-bond donors (Lipinski definition) is 0. The van der Waals surface area contributed by atoms with Gasteiger partial charge in [0.25, 0.3) is 0 Å². The smallest absolute Gasteiger partial charge is 0.415 e. The zero-order chi connectivity index (χ0) is 23.4. The van der Waals surface area contributed by atoms with Crippen molar-refractivity contribution >= 4 is 23.1 Å². The van der Waals surface area contributed by atoms with E-state index in [2.05, 4.69) is 19.1 Å². The van der Waals surface area contributed by atoms with Gasteiger partial charge in [0, 0.05) is 34.2 Å². The number of rotatable bonds is 8. The van der Waals surface area contributed by atoms with Gasteiger partial charge in [0.1, 0.15) is 25.4 Å². The van der Waals surface area contributed by atoms with E-state index in [1.165, 1.54) is 4.88 Å². The molecule has 3 aromatic rings. The summed E-state index contributed by atoms with van der Waals surface area (Å²) >= 11 is 1.73. The van der Waals surface area contributed by atoms with E-state index in [0.29, 0.717) is 19.1 Å². The first-order valence-corrected chi connectivity index (χ1v) is 13.0. The van der Waals surface area contributed by atoms with Crippen LogP contribution in [0.3, 0.4) is 0 Å². The zero-order valence-electron chi connectivity index (χ0n) is 19.8. The van der Waals surface area contributed by atoms with Crippen molar-refractivity contribution in [3.05, 3.63) is 82.6 Å². The predicted molar refractivity (Wildman–Crippen MR) is 136 cm³/mol. The van der Waals surface area contributed by atoms with Crippen LogP contribution in [0.25, 0.3) is 0 Å². The number of amides is 1. The molecule has 0 spiro atoms. The lowest BCUT2D eigenvalue weighted by Crippen LogP contribution is -2.65. The monoisotopic (exact) mass is 477 g/mol. The lowest BCUT2D eigenvalue weighted by molar-refractivity contribution is -0.946. The molecule has 3 aliphatic heterocycles. The van der Waals surface area contributed by atoms with Crippen molar-refractivity contribution in [2.75, 3.05) is 37.7 Å². The first kappa shape index (κ1) is 22.9. The van der Waals surface area contributed by atoms with Crippen LogP contribution in [0.5, 0.6) is 5.75 Å². The number of aryl methyl sites for hydroxylation is 1. The molecular formula is C28H33N2O3S+. The molecule has 0 unspecified atom stereocenters. The topological polar surface area (TPSA) is 38.8 Å². The van der Waals surface area contributed by atoms with E-state index in [4.69, 9.17) is 9.47 Å². The SMILES string of the molecule is Cc1ccc(CN(C(=O)O[C@H]2C[N+]3(CCOc4ccccc4)CCC2CC3)c2ccccc2)s1. The normalized spacial score (nSPS) is 23.4. The van der Waals surface area contributed by atoms with Crippen molar-refractivity contribution in [3.8, 4) is 5.75 Å². The van der Waals surface area contributed by atoms with Gasteiger partial charge in [-0.2, -0.15) is 0 Å². The summed E-state index contributed by atoms with van der Waals surface area (Å²) in [5.41, 5.74) is 0.875. The molecule has 1 amide bonds. The van der Waals surface area contributed by atoms with Crippen LogP contribution in [-0.2, 0) is 11.3 Å². The maximum atomic E-state index is 13.5. The Balaban J connectivity index is 1.25. The van der Waals surface area contributed by atoms with Gasteiger partial charge in [-0.1, -0.05) is 36.4 Å². The minimum absolute atomic E-state index is 0.0389. The number of quaternary nitrogens is 1. The molecule has 3 saturated heterocycles. The summed E-state index contributed by atoms with van der Waals surface area (Å²) in [5, 5.41) is 0. The van der Waals surface area contributed by atoms with Crippen molar-refractivity contribution in [1.82, 2.24) is 0 Å². The molecule has 6 rings (SSSR count). The second-order valence-corrected chi connectivity index (χ2v) is 10.9. The van der Waals surface area contributed by atoms with Crippen molar-refractivity contribution in [3.63, 3.8) is 0 Å². The third-order valence-corrected chi connectivity index (χ3v) is 8.25. The number of thiophene rings is 1. The summed E-state index contributed by atoms with van der Waals surface area (Å²) in [6.45, 7) is 7.44. The van der Waals surface area contributed by atoms with E-state index in [-0.39, 0.29) is 12.2 Å². The molecule has 0 aliphatic carbocycles. The van der Waals surface area contributed by atoms with Crippen LogP contribution >= 0.6 is 11.3 Å². The van der Waals surface area contributed by atoms with Gasteiger partial charge in [-0.05, 0) is 43.3 Å². The van der Waals surface area contributed by atoms with Crippen LogP contribution in [0.4, 0.5) is 10.5 Å². The van der Waals surface area contributed by atoms with E-state index in [1.807, 2.05) is 60.7 Å². The van der Waals surface area contributed by atoms with Gasteiger partial charge in [0.15, 0.2) is 6.10 Å². The number of anilines is 1. The van der Waals surface area contributed by atoms with Crippen molar-refractivity contribution < 1.29 is 18.8 Å². The average molecular weight is 478 g/mol. The third-order valence-electron chi connectivity index (χ3n) is 7.27. The van der Waals surface area contributed by atoms with Crippen LogP contribution in [0, 0.1) is 12.8 Å². The number of para-hydroxylation sites is 2. The molecule has 6 heteroatoms. The first-order valence-electron chi connectivity index (χ1n) is 12.2. The molecule has 178 valence electrons. The summed E-state index contributed by atoms with van der Waals surface area (Å²) in [6.07, 6.45) is 1.94. The highest BCUT2D eigenvalue weighted by Gasteiger charge is 2.47. The third kappa shape index (κ3) is 5.29. The fourth-order valence-corrected chi connectivity index (χ4v) is 6.21. The molecule has 34 heavy (non-hydrogen) atoms. The highest BCUT2D eigenvalue weighted by atomic mass is 32.1. The minimum atomic E-state index is -0.241. The second-order valence-electron chi connectivity index (χ2n) is 9.55. The Bertz CT molecular complexity index is 1080. The van der Waals surface area contributed by atoms with E-state index in [1.54, 1.807) is 16.2 Å².